The van der Waals surface area contributed by atoms with Crippen molar-refractivity contribution in [2.75, 3.05) is 20.6 Å². The van der Waals surface area contributed by atoms with E-state index < -0.39 is 0 Å². The van der Waals surface area contributed by atoms with E-state index in [0.717, 1.165) is 19.4 Å². The van der Waals surface area contributed by atoms with Crippen LogP contribution in [0.25, 0.3) is 0 Å². The molecule has 0 N–H and O–H groups in total. The third-order valence-corrected chi connectivity index (χ3v) is 1.05. The van der Waals surface area contributed by atoms with Gasteiger partial charge in [0.05, 0.1) is 20.6 Å². The number of quaternary nitrogens is 1. The van der Waals surface area contributed by atoms with Gasteiger partial charge in [0, 0.05) is 0 Å². The second-order valence-corrected chi connectivity index (χ2v) is 2.65. The van der Waals surface area contributed by atoms with Crippen LogP contribution in [0.2, 0.25) is 0 Å². The Balaban J connectivity index is 3.11. The zero-order valence-corrected chi connectivity index (χ0v) is 5.98. The molecule has 0 rings (SSSR count). The van der Waals surface area contributed by atoms with Crippen molar-refractivity contribution < 1.29 is 4.65 Å². The molecule has 0 aromatic carbocycles. The molecule has 0 aliphatic carbocycles. The fourth-order valence-electron chi connectivity index (χ4n) is 0.539. The van der Waals surface area contributed by atoms with Gasteiger partial charge in [-0.1, -0.05) is 13.3 Å². The van der Waals surface area contributed by atoms with Gasteiger partial charge in [0.25, 0.3) is 0 Å². The first-order valence-electron chi connectivity index (χ1n) is 3.10. The molecule has 0 spiro atoms. The van der Waals surface area contributed by atoms with Crippen LogP contribution >= 0.6 is 0 Å². The van der Waals surface area contributed by atoms with E-state index in [0.29, 0.717) is 0 Å². The average Bonchev–Trinajstić information content (AvgIpc) is 1.59. The molecule has 0 saturated carbocycles. The van der Waals surface area contributed by atoms with Crippen molar-refractivity contribution in [2.45, 2.75) is 19.8 Å². The molecule has 0 aromatic heterocycles. The topological polar surface area (TPSA) is 23.1 Å². The van der Waals surface area contributed by atoms with Gasteiger partial charge in [0.2, 0.25) is 0 Å². The SMILES string of the molecule is CCCC[N+](C)(C)[O-]. The summed E-state index contributed by atoms with van der Waals surface area (Å²) in [6.45, 7) is 2.84. The highest BCUT2D eigenvalue weighted by molar-refractivity contribution is 4.32. The van der Waals surface area contributed by atoms with Crippen molar-refractivity contribution in [3.05, 3.63) is 5.21 Å². The van der Waals surface area contributed by atoms with Gasteiger partial charge in [0.1, 0.15) is 0 Å². The third-order valence-electron chi connectivity index (χ3n) is 1.05. The summed E-state index contributed by atoms with van der Waals surface area (Å²) in [6, 6.07) is 0. The van der Waals surface area contributed by atoms with E-state index in [2.05, 4.69) is 6.92 Å². The Hall–Kier alpha value is -0.0800. The normalized spacial score (nSPS) is 12.0. The Kier molecular flexibility index (Phi) is 3.02. The first-order valence-corrected chi connectivity index (χ1v) is 3.10. The quantitative estimate of drug-likeness (QED) is 0.404. The molecule has 2 heteroatoms. The summed E-state index contributed by atoms with van der Waals surface area (Å²) in [5, 5.41) is 10.8. The van der Waals surface area contributed by atoms with Crippen LogP contribution in [-0.2, 0) is 0 Å². The zero-order chi connectivity index (χ0) is 6.62. The molecule has 0 aliphatic rings. The number of rotatable bonds is 3. The monoisotopic (exact) mass is 117 g/mol. The van der Waals surface area contributed by atoms with Crippen LogP contribution in [-0.4, -0.2) is 25.3 Å². The van der Waals surface area contributed by atoms with Crippen molar-refractivity contribution in [1.82, 2.24) is 0 Å². The molecule has 0 saturated heterocycles. The second kappa shape index (κ2) is 3.05. The molecule has 0 unspecified atom stereocenters. The third kappa shape index (κ3) is 5.92. The molecule has 2 nitrogen and oxygen atoms in total. The Morgan fingerprint density at radius 1 is 1.38 bits per heavy atom. The molecule has 0 heterocycles. The van der Waals surface area contributed by atoms with E-state index in [1.54, 1.807) is 14.1 Å². The van der Waals surface area contributed by atoms with Gasteiger partial charge >= 0.3 is 0 Å². The van der Waals surface area contributed by atoms with Crippen LogP contribution in [0, 0.1) is 5.21 Å². The smallest absolute Gasteiger partial charge is 0.0779 e. The number of nitrogens with zero attached hydrogens (tertiary/aromatic N) is 1. The minimum Gasteiger partial charge on any atom is -0.633 e. The molecule has 0 bridgehead atoms. The number of hydrogen-bond acceptors (Lipinski definition) is 1. The summed E-state index contributed by atoms with van der Waals surface area (Å²) in [7, 11) is 3.35. The first-order chi connectivity index (χ1) is 3.56. The summed E-state index contributed by atoms with van der Waals surface area (Å²) >= 11 is 0. The average molecular weight is 117 g/mol. The summed E-state index contributed by atoms with van der Waals surface area (Å²) in [5.41, 5.74) is 0. The molecule has 8 heavy (non-hydrogen) atoms. The largest absolute Gasteiger partial charge is 0.633 e. The van der Waals surface area contributed by atoms with E-state index in [4.69, 9.17) is 0 Å². The molecule has 0 atom stereocenters. The van der Waals surface area contributed by atoms with Crippen molar-refractivity contribution in [3.8, 4) is 0 Å². The van der Waals surface area contributed by atoms with Gasteiger partial charge in [-0.15, -0.1) is 0 Å². The van der Waals surface area contributed by atoms with Gasteiger partial charge in [-0.2, -0.15) is 0 Å². The van der Waals surface area contributed by atoms with Crippen molar-refractivity contribution in [2.24, 2.45) is 0 Å². The van der Waals surface area contributed by atoms with Crippen LogP contribution in [0.15, 0.2) is 0 Å². The van der Waals surface area contributed by atoms with E-state index in [9.17, 15) is 5.21 Å². The van der Waals surface area contributed by atoms with Crippen molar-refractivity contribution >= 4 is 0 Å². The van der Waals surface area contributed by atoms with Gasteiger partial charge in [0.15, 0.2) is 0 Å². The van der Waals surface area contributed by atoms with Gasteiger partial charge in [-0.3, -0.25) is 0 Å². The fourth-order valence-corrected chi connectivity index (χ4v) is 0.539. The highest BCUT2D eigenvalue weighted by Gasteiger charge is 1.97. The van der Waals surface area contributed by atoms with Crippen molar-refractivity contribution in [1.29, 1.82) is 0 Å². The molecule has 0 amide bonds. The Labute approximate surface area is 51.3 Å². The Bertz CT molecular complexity index is 56.0. The van der Waals surface area contributed by atoms with Crippen molar-refractivity contribution in [3.63, 3.8) is 0 Å². The standard InChI is InChI=1S/C6H15NO/c1-4-5-6-7(2,3)8/h4-6H2,1-3H3. The lowest BCUT2D eigenvalue weighted by Gasteiger charge is -2.33. The number of hydrogen-bond donors (Lipinski definition) is 0. The van der Waals surface area contributed by atoms with E-state index in [-0.39, 0.29) is 4.65 Å². The molecule has 0 aliphatic heterocycles. The predicted octanol–water partition coefficient (Wildman–Crippen LogP) is 1.36. The first kappa shape index (κ1) is 7.92. The van der Waals surface area contributed by atoms with E-state index in [1.165, 1.54) is 0 Å². The predicted molar refractivity (Wildman–Crippen MR) is 35.3 cm³/mol. The van der Waals surface area contributed by atoms with Crippen LogP contribution in [0.4, 0.5) is 0 Å². The maximum atomic E-state index is 10.8. The lowest BCUT2D eigenvalue weighted by Crippen LogP contribution is -2.32. The molecule has 0 radical (unpaired) electrons. The lowest BCUT2D eigenvalue weighted by atomic mass is 10.3. The van der Waals surface area contributed by atoms with E-state index in [1.807, 2.05) is 0 Å². The van der Waals surface area contributed by atoms with Gasteiger partial charge in [-0.25, -0.2) is 0 Å². The molecular weight excluding hydrogens is 102 g/mol. The molecular formula is C6H15NO. The minimum absolute atomic E-state index is 0.145. The Morgan fingerprint density at radius 3 is 2.00 bits per heavy atom. The lowest BCUT2D eigenvalue weighted by molar-refractivity contribution is -0.840. The summed E-state index contributed by atoms with van der Waals surface area (Å²) < 4.78 is -0.145. The molecule has 50 valence electrons. The summed E-state index contributed by atoms with van der Waals surface area (Å²) in [6.07, 6.45) is 2.15. The maximum absolute atomic E-state index is 10.8. The van der Waals surface area contributed by atoms with Crippen LogP contribution in [0.3, 0.4) is 0 Å². The number of hydroxylamine groups is 3. The van der Waals surface area contributed by atoms with Gasteiger partial charge < -0.3 is 9.85 Å². The highest BCUT2D eigenvalue weighted by Crippen LogP contribution is 1.96. The van der Waals surface area contributed by atoms with Crippen LogP contribution in [0.1, 0.15) is 19.8 Å². The fraction of sp³-hybridized carbons (Fsp3) is 1.00. The maximum Gasteiger partial charge on any atom is 0.0779 e. The number of unbranched alkanes of at least 4 members (excludes halogenated alkanes) is 1. The second-order valence-electron chi connectivity index (χ2n) is 2.65. The Morgan fingerprint density at radius 2 is 1.88 bits per heavy atom. The van der Waals surface area contributed by atoms with E-state index >= 15 is 0 Å². The van der Waals surface area contributed by atoms with Crippen LogP contribution < -0.4 is 0 Å². The zero-order valence-electron chi connectivity index (χ0n) is 5.98. The highest BCUT2D eigenvalue weighted by atomic mass is 16.5. The molecule has 0 fully saturated rings. The molecule has 0 aromatic rings. The summed E-state index contributed by atoms with van der Waals surface area (Å²) in [5.74, 6) is 0. The minimum atomic E-state index is -0.145. The van der Waals surface area contributed by atoms with Gasteiger partial charge in [-0.05, 0) is 6.42 Å². The van der Waals surface area contributed by atoms with Crippen LogP contribution in [0.5, 0.6) is 0 Å². The summed E-state index contributed by atoms with van der Waals surface area (Å²) in [4.78, 5) is 0.